The lowest BCUT2D eigenvalue weighted by molar-refractivity contribution is 0.103. The first-order valence-corrected chi connectivity index (χ1v) is 15.5. The van der Waals surface area contributed by atoms with Gasteiger partial charge in [0.15, 0.2) is 5.78 Å². The molecule has 1 aromatic heterocycles. The van der Waals surface area contributed by atoms with E-state index < -0.39 is 29.5 Å². The minimum absolute atomic E-state index is 0. The van der Waals surface area contributed by atoms with Crippen LogP contribution in [-0.2, 0) is 16.4 Å². The second-order valence-corrected chi connectivity index (χ2v) is 11.1. The Bertz CT molecular complexity index is 1550. The van der Waals surface area contributed by atoms with Gasteiger partial charge in [-0.15, -0.1) is 12.4 Å². The lowest BCUT2D eigenvalue weighted by Crippen LogP contribution is -2.28. The van der Waals surface area contributed by atoms with Gasteiger partial charge < -0.3 is 14.1 Å². The standard InChI is InChI=1S/C31H44N2O5S.ClH/c1-5-8-12-29-30(27-23-25(32-39(4,35)36)15-18-28(27)38-29)31(34)24-13-16-26(17-14-24)37-22-11-21-33(19-9-6-2)20-10-7-3;/h13-18,23,32H,5-12,19-22H2,1-4H3;1H/i19D2,20D2,21D2;. The number of fused-ring (bicyclic) bond motifs is 1. The highest BCUT2D eigenvalue weighted by Gasteiger charge is 2.22. The Hall–Kier alpha value is -2.55. The smallest absolute Gasteiger partial charge is 0.229 e. The number of nitrogens with one attached hydrogen (secondary N) is 1. The summed E-state index contributed by atoms with van der Waals surface area (Å²) in [4.78, 5) is 14.5. The number of hydrogen-bond acceptors (Lipinski definition) is 6. The Morgan fingerprint density at radius 3 is 2.17 bits per heavy atom. The number of carbonyl (C=O) groups excluding carboxylic acids is 1. The number of ketones is 1. The summed E-state index contributed by atoms with van der Waals surface area (Å²) in [5, 5.41) is 0.498. The van der Waals surface area contributed by atoms with Crippen LogP contribution in [0.25, 0.3) is 11.0 Å². The third-order valence-corrected chi connectivity index (χ3v) is 6.45. The molecule has 3 rings (SSSR count). The molecule has 0 aliphatic carbocycles. The van der Waals surface area contributed by atoms with Crippen molar-refractivity contribution in [2.75, 3.05) is 37.1 Å². The van der Waals surface area contributed by atoms with Gasteiger partial charge in [0.05, 0.1) is 18.4 Å². The minimum Gasteiger partial charge on any atom is -0.494 e. The number of rotatable bonds is 18. The van der Waals surface area contributed by atoms with E-state index in [4.69, 9.17) is 17.4 Å². The quantitative estimate of drug-likeness (QED) is 0.153. The van der Waals surface area contributed by atoms with Crippen molar-refractivity contribution in [2.24, 2.45) is 0 Å². The van der Waals surface area contributed by atoms with Crippen molar-refractivity contribution in [1.82, 2.24) is 4.90 Å². The molecule has 0 saturated heterocycles. The molecule has 0 amide bonds. The summed E-state index contributed by atoms with van der Waals surface area (Å²) in [6.07, 6.45) is 3.80. The van der Waals surface area contributed by atoms with E-state index >= 15 is 0 Å². The van der Waals surface area contributed by atoms with E-state index in [1.807, 2.05) is 6.92 Å². The number of carbonyl (C=O) groups is 1. The normalized spacial score (nSPS) is 14.8. The summed E-state index contributed by atoms with van der Waals surface area (Å²) >= 11 is 0. The second-order valence-electron chi connectivity index (χ2n) is 9.35. The van der Waals surface area contributed by atoms with E-state index in [-0.39, 0.29) is 44.1 Å². The Morgan fingerprint density at radius 2 is 1.57 bits per heavy atom. The average Bonchev–Trinajstić information content (AvgIpc) is 3.27. The molecular weight excluding hydrogens is 548 g/mol. The molecule has 0 saturated carbocycles. The van der Waals surface area contributed by atoms with Gasteiger partial charge in [-0.1, -0.05) is 40.0 Å². The minimum atomic E-state index is -3.53. The van der Waals surface area contributed by atoms with Gasteiger partial charge in [0.25, 0.3) is 0 Å². The molecule has 0 unspecified atom stereocenters. The number of furan rings is 1. The van der Waals surface area contributed by atoms with Crippen LogP contribution in [-0.4, -0.2) is 51.5 Å². The van der Waals surface area contributed by atoms with E-state index in [2.05, 4.69) is 4.72 Å². The fraction of sp³-hybridized carbons (Fsp3) is 0.516. The highest BCUT2D eigenvalue weighted by molar-refractivity contribution is 7.92. The third-order valence-electron chi connectivity index (χ3n) is 5.85. The molecule has 9 heteroatoms. The monoisotopic (exact) mass is 598 g/mol. The average molecular weight is 599 g/mol. The van der Waals surface area contributed by atoms with Crippen molar-refractivity contribution in [1.29, 1.82) is 0 Å². The zero-order valence-corrected chi connectivity index (χ0v) is 25.3. The number of nitrogens with zero attached hydrogens (tertiary/aromatic N) is 1. The first-order valence-electron chi connectivity index (χ1n) is 16.6. The van der Waals surface area contributed by atoms with Crippen LogP contribution in [0.4, 0.5) is 5.69 Å². The molecule has 0 radical (unpaired) electrons. The van der Waals surface area contributed by atoms with E-state index in [1.54, 1.807) is 56.3 Å². The first-order chi connectivity index (χ1) is 21.0. The maximum absolute atomic E-state index is 13.8. The van der Waals surface area contributed by atoms with Gasteiger partial charge in [0.2, 0.25) is 10.0 Å². The third kappa shape index (κ3) is 10.1. The van der Waals surface area contributed by atoms with Gasteiger partial charge in [0, 0.05) is 37.8 Å². The predicted molar refractivity (Wildman–Crippen MR) is 167 cm³/mol. The van der Waals surface area contributed by atoms with Gasteiger partial charge in [-0.05, 0) is 81.1 Å². The second kappa shape index (κ2) is 16.7. The highest BCUT2D eigenvalue weighted by atomic mass is 35.5. The molecule has 0 aliphatic heterocycles. The van der Waals surface area contributed by atoms with Crippen LogP contribution < -0.4 is 9.46 Å². The van der Waals surface area contributed by atoms with E-state index in [0.717, 1.165) is 19.1 Å². The molecule has 222 valence electrons. The molecule has 40 heavy (non-hydrogen) atoms. The number of anilines is 1. The molecular formula is C31H45ClN2O5S. The van der Waals surface area contributed by atoms with Crippen LogP contribution in [0.1, 0.15) is 95.6 Å². The number of ether oxygens (including phenoxy) is 1. The molecule has 0 atom stereocenters. The molecule has 1 N–H and O–H groups in total. The van der Waals surface area contributed by atoms with Crippen LogP contribution in [0.3, 0.4) is 0 Å². The fourth-order valence-corrected chi connectivity index (χ4v) is 4.53. The summed E-state index contributed by atoms with van der Waals surface area (Å²) in [7, 11) is -3.53. The van der Waals surface area contributed by atoms with Gasteiger partial charge in [-0.2, -0.15) is 0 Å². The largest absolute Gasteiger partial charge is 0.494 e. The Balaban J connectivity index is 0.00000736. The molecule has 0 bridgehead atoms. The highest BCUT2D eigenvalue weighted by Crippen LogP contribution is 2.32. The van der Waals surface area contributed by atoms with Crippen LogP contribution in [0.5, 0.6) is 5.75 Å². The number of hydrogen-bond donors (Lipinski definition) is 1. The van der Waals surface area contributed by atoms with Crippen LogP contribution in [0, 0.1) is 0 Å². The Kier molecular flexibility index (Phi) is 10.5. The summed E-state index contributed by atoms with van der Waals surface area (Å²) in [6.45, 7) is -1.31. The van der Waals surface area contributed by atoms with Crippen molar-refractivity contribution in [3.8, 4) is 5.75 Å². The topological polar surface area (TPSA) is 88.8 Å². The maximum Gasteiger partial charge on any atom is 0.229 e. The van der Waals surface area contributed by atoms with Crippen molar-refractivity contribution in [3.63, 3.8) is 0 Å². The lowest BCUT2D eigenvalue weighted by atomic mass is 9.98. The lowest BCUT2D eigenvalue weighted by Gasteiger charge is -2.21. The van der Waals surface area contributed by atoms with Crippen molar-refractivity contribution >= 4 is 44.9 Å². The Labute approximate surface area is 254 Å². The van der Waals surface area contributed by atoms with Gasteiger partial charge >= 0.3 is 0 Å². The zero-order chi connectivity index (χ0) is 33.6. The first kappa shape index (κ1) is 25.2. The molecule has 1 heterocycles. The molecule has 0 fully saturated rings. The number of sulfonamides is 1. The predicted octanol–water partition coefficient (Wildman–Crippen LogP) is 7.47. The van der Waals surface area contributed by atoms with Crippen molar-refractivity contribution < 1.29 is 30.6 Å². The SMILES string of the molecule is Cl.[2H]C([2H])(CCC)N(C([2H])([2H])CCC)C([2H])([2H])CCOc1ccc(C(=O)c2c(CCCC)oc3ccc(NS(C)(=O)=O)cc23)cc1. The molecule has 0 aliphatic rings. The van der Waals surface area contributed by atoms with E-state index in [9.17, 15) is 13.2 Å². The maximum atomic E-state index is 13.8. The molecule has 0 spiro atoms. The summed E-state index contributed by atoms with van der Waals surface area (Å²) < 4.78 is 88.9. The molecule has 3 aromatic rings. The van der Waals surface area contributed by atoms with Crippen LogP contribution >= 0.6 is 12.4 Å². The summed E-state index contributed by atoms with van der Waals surface area (Å²) in [5.41, 5.74) is 1.50. The zero-order valence-electron chi connectivity index (χ0n) is 29.7. The number of benzene rings is 2. The van der Waals surface area contributed by atoms with E-state index in [1.165, 1.54) is 0 Å². The van der Waals surface area contributed by atoms with E-state index in [0.29, 0.717) is 63.5 Å². The summed E-state index contributed by atoms with van der Waals surface area (Å²) in [6, 6.07) is 11.1. The molecule has 2 aromatic carbocycles. The van der Waals surface area contributed by atoms with Crippen molar-refractivity contribution in [3.05, 3.63) is 59.4 Å². The van der Waals surface area contributed by atoms with Crippen molar-refractivity contribution in [2.45, 2.75) is 72.1 Å². The number of unbranched alkanes of at least 4 members (excludes halogenated alkanes) is 1. The van der Waals surface area contributed by atoms with Gasteiger partial charge in [-0.3, -0.25) is 9.52 Å². The van der Waals surface area contributed by atoms with Crippen LogP contribution in [0.15, 0.2) is 46.9 Å². The fourth-order valence-electron chi connectivity index (χ4n) is 3.98. The van der Waals surface area contributed by atoms with Gasteiger partial charge in [0.1, 0.15) is 17.1 Å². The molecule has 7 nitrogen and oxygen atoms in total. The summed E-state index contributed by atoms with van der Waals surface area (Å²) in [5.74, 6) is 0.586. The van der Waals surface area contributed by atoms with Crippen LogP contribution in [0.2, 0.25) is 0 Å². The number of halogens is 1. The van der Waals surface area contributed by atoms with Gasteiger partial charge in [-0.25, -0.2) is 8.42 Å². The Morgan fingerprint density at radius 1 is 0.950 bits per heavy atom. The number of aryl methyl sites for hydroxylation is 1.